The van der Waals surface area contributed by atoms with E-state index in [1.165, 1.54) is 6.42 Å². The predicted octanol–water partition coefficient (Wildman–Crippen LogP) is 4.17. The van der Waals surface area contributed by atoms with Crippen LogP contribution in [0.15, 0.2) is 36.7 Å². The minimum Gasteiger partial charge on any atom is -0.348 e. The minimum absolute atomic E-state index is 0.249. The number of rotatable bonds is 5. The lowest BCUT2D eigenvalue weighted by Crippen LogP contribution is -2.26. The molecule has 0 spiro atoms. The molecule has 1 saturated heterocycles. The number of ether oxygens (including phenoxy) is 2. The maximum Gasteiger partial charge on any atom is 0.183 e. The normalized spacial score (nSPS) is 21.3. The fraction of sp³-hybridized carbons (Fsp3) is 0.474. The minimum atomic E-state index is -0.249. The maximum atomic E-state index is 5.85. The van der Waals surface area contributed by atoms with Crippen LogP contribution in [0.3, 0.4) is 0 Å². The molecule has 0 saturated carbocycles. The Hall–Kier alpha value is -1.78. The summed E-state index contributed by atoms with van der Waals surface area (Å²) in [6.07, 6.45) is 6.81. The van der Waals surface area contributed by atoms with E-state index in [1.807, 2.05) is 36.7 Å². The van der Waals surface area contributed by atoms with Gasteiger partial charge in [-0.2, -0.15) is 0 Å². The van der Waals surface area contributed by atoms with Crippen LogP contribution in [0.2, 0.25) is 0 Å². The zero-order valence-electron chi connectivity index (χ0n) is 13.9. The third-order valence-corrected chi connectivity index (χ3v) is 4.22. The van der Waals surface area contributed by atoms with Gasteiger partial charge in [0.05, 0.1) is 13.2 Å². The van der Waals surface area contributed by atoms with Gasteiger partial charge in [0.2, 0.25) is 0 Å². The second kappa shape index (κ2) is 7.66. The van der Waals surface area contributed by atoms with Gasteiger partial charge in [0, 0.05) is 29.4 Å². The van der Waals surface area contributed by atoms with E-state index < -0.39 is 0 Å². The van der Waals surface area contributed by atoms with Crippen molar-refractivity contribution >= 4 is 0 Å². The van der Waals surface area contributed by atoms with Crippen LogP contribution >= 0.6 is 0 Å². The van der Waals surface area contributed by atoms with Gasteiger partial charge in [-0.05, 0) is 18.4 Å². The first-order chi connectivity index (χ1) is 11.3. The Balaban J connectivity index is 1.65. The monoisotopic (exact) mass is 312 g/mol. The molecule has 1 fully saturated rings. The summed E-state index contributed by atoms with van der Waals surface area (Å²) in [5.41, 5.74) is 3.21. The highest BCUT2D eigenvalue weighted by Gasteiger charge is 2.22. The van der Waals surface area contributed by atoms with Gasteiger partial charge in [-0.1, -0.05) is 44.5 Å². The van der Waals surface area contributed by atoms with Crippen LogP contribution in [-0.2, 0) is 15.9 Å². The third kappa shape index (κ3) is 3.95. The Morgan fingerprint density at radius 2 is 1.65 bits per heavy atom. The molecule has 0 N–H and O–H groups in total. The lowest BCUT2D eigenvalue weighted by atomic mass is 10.0. The number of aryl methyl sites for hydroxylation is 1. The van der Waals surface area contributed by atoms with E-state index in [0.717, 1.165) is 48.6 Å². The summed E-state index contributed by atoms with van der Waals surface area (Å²) in [4.78, 5) is 8.84. The van der Waals surface area contributed by atoms with E-state index in [9.17, 15) is 0 Å². The molecule has 2 heterocycles. The van der Waals surface area contributed by atoms with Crippen molar-refractivity contribution in [3.8, 4) is 11.4 Å². The zero-order chi connectivity index (χ0) is 16.1. The zero-order valence-corrected chi connectivity index (χ0v) is 13.9. The van der Waals surface area contributed by atoms with Gasteiger partial charge < -0.3 is 9.47 Å². The average molecular weight is 312 g/mol. The Bertz CT molecular complexity index is 602. The summed E-state index contributed by atoms with van der Waals surface area (Å²) >= 11 is 0. The van der Waals surface area contributed by atoms with Crippen LogP contribution in [0.25, 0.3) is 11.4 Å². The predicted molar refractivity (Wildman–Crippen MR) is 89.9 cm³/mol. The van der Waals surface area contributed by atoms with Crippen molar-refractivity contribution in [3.63, 3.8) is 0 Å². The molecule has 4 nitrogen and oxygen atoms in total. The van der Waals surface area contributed by atoms with Crippen molar-refractivity contribution in [2.75, 3.05) is 13.2 Å². The molecule has 122 valence electrons. The van der Waals surface area contributed by atoms with E-state index in [-0.39, 0.29) is 6.29 Å². The highest BCUT2D eigenvalue weighted by atomic mass is 16.7. The van der Waals surface area contributed by atoms with Gasteiger partial charge in [0.25, 0.3) is 0 Å². The quantitative estimate of drug-likeness (QED) is 0.831. The van der Waals surface area contributed by atoms with E-state index in [1.54, 1.807) is 0 Å². The highest BCUT2D eigenvalue weighted by molar-refractivity contribution is 5.55. The summed E-state index contributed by atoms with van der Waals surface area (Å²) in [5, 5.41) is 0. The molecule has 3 rings (SSSR count). The Kier molecular flexibility index (Phi) is 5.36. The maximum absolute atomic E-state index is 5.85. The van der Waals surface area contributed by atoms with Crippen LogP contribution in [-0.4, -0.2) is 23.2 Å². The van der Waals surface area contributed by atoms with Crippen molar-refractivity contribution in [3.05, 3.63) is 47.8 Å². The lowest BCUT2D eigenvalue weighted by molar-refractivity contribution is -0.206. The molecule has 0 radical (unpaired) electrons. The summed E-state index contributed by atoms with van der Waals surface area (Å²) in [7, 11) is 0. The van der Waals surface area contributed by atoms with Crippen molar-refractivity contribution < 1.29 is 9.47 Å². The highest BCUT2D eigenvalue weighted by Crippen LogP contribution is 2.28. The Morgan fingerprint density at radius 1 is 1.00 bits per heavy atom. The summed E-state index contributed by atoms with van der Waals surface area (Å²) < 4.78 is 11.7. The molecule has 0 aliphatic carbocycles. The van der Waals surface area contributed by atoms with Crippen LogP contribution in [0.1, 0.15) is 44.1 Å². The first-order valence-corrected chi connectivity index (χ1v) is 8.44. The Labute approximate surface area is 137 Å². The van der Waals surface area contributed by atoms with Crippen molar-refractivity contribution in [2.45, 2.75) is 39.4 Å². The molecule has 4 heteroatoms. The van der Waals surface area contributed by atoms with Gasteiger partial charge in [-0.3, -0.25) is 0 Å². The van der Waals surface area contributed by atoms with Crippen LogP contribution < -0.4 is 0 Å². The number of nitrogens with zero attached hydrogens (tertiary/aromatic N) is 2. The third-order valence-electron chi connectivity index (χ3n) is 4.22. The average Bonchev–Trinajstić information content (AvgIpc) is 2.63. The molecule has 23 heavy (non-hydrogen) atoms. The molecule has 1 aliphatic rings. The van der Waals surface area contributed by atoms with E-state index >= 15 is 0 Å². The van der Waals surface area contributed by atoms with Crippen LogP contribution in [0.5, 0.6) is 0 Å². The summed E-state index contributed by atoms with van der Waals surface area (Å²) in [6.45, 7) is 5.85. The lowest BCUT2D eigenvalue weighted by Gasteiger charge is -2.29. The fourth-order valence-corrected chi connectivity index (χ4v) is 2.79. The molecule has 0 atom stereocenters. The molecule has 1 aromatic carbocycles. The molecular formula is C19H24N2O2. The number of hydrogen-bond acceptors (Lipinski definition) is 4. The van der Waals surface area contributed by atoms with Crippen LogP contribution in [0.4, 0.5) is 0 Å². The summed E-state index contributed by atoms with van der Waals surface area (Å²) in [5.74, 6) is 1.28. The van der Waals surface area contributed by atoms with Crippen LogP contribution in [0, 0.1) is 5.92 Å². The molecule has 1 aromatic heterocycles. The summed E-state index contributed by atoms with van der Waals surface area (Å²) in [6, 6.07) is 8.14. The van der Waals surface area contributed by atoms with Gasteiger partial charge in [0.1, 0.15) is 0 Å². The first-order valence-electron chi connectivity index (χ1n) is 8.44. The van der Waals surface area contributed by atoms with E-state index in [4.69, 9.17) is 9.47 Å². The van der Waals surface area contributed by atoms with Gasteiger partial charge in [-0.15, -0.1) is 0 Å². The molecule has 1 aliphatic heterocycles. The van der Waals surface area contributed by atoms with Crippen molar-refractivity contribution in [2.24, 2.45) is 5.92 Å². The molecule has 0 unspecified atom stereocenters. The van der Waals surface area contributed by atoms with E-state index in [0.29, 0.717) is 5.92 Å². The van der Waals surface area contributed by atoms with Gasteiger partial charge in [0.15, 0.2) is 12.1 Å². The van der Waals surface area contributed by atoms with Crippen molar-refractivity contribution in [1.29, 1.82) is 0 Å². The van der Waals surface area contributed by atoms with Gasteiger partial charge >= 0.3 is 0 Å². The largest absolute Gasteiger partial charge is 0.348 e. The van der Waals surface area contributed by atoms with Crippen molar-refractivity contribution in [1.82, 2.24) is 9.97 Å². The topological polar surface area (TPSA) is 44.2 Å². The van der Waals surface area contributed by atoms with Gasteiger partial charge in [-0.25, -0.2) is 9.97 Å². The fourth-order valence-electron chi connectivity index (χ4n) is 2.79. The second-order valence-electron chi connectivity index (χ2n) is 6.04. The first kappa shape index (κ1) is 16.1. The number of aromatic nitrogens is 2. The molecule has 2 aromatic rings. The molecule has 0 bridgehead atoms. The smallest absolute Gasteiger partial charge is 0.183 e. The molecule has 0 amide bonds. The standard InChI is InChI=1S/C19H24N2O2/c1-3-5-15-12-22-19(23-13-15)17-8-6-16(7-9-17)18-20-10-14(4-2)11-21-18/h6-11,15,19H,3-5,12-13H2,1-2H3/t15-,19-. The number of benzene rings is 1. The SMILES string of the molecule is CCC[C@H]1CO[C@H](c2ccc(-c3ncc(CC)cn3)cc2)OC1. The second-order valence-corrected chi connectivity index (χ2v) is 6.04. The molecular weight excluding hydrogens is 288 g/mol. The number of hydrogen-bond donors (Lipinski definition) is 0. The van der Waals surface area contributed by atoms with E-state index in [2.05, 4.69) is 23.8 Å². The Morgan fingerprint density at radius 3 is 2.22 bits per heavy atom.